The Labute approximate surface area is 164 Å². The number of halogens is 2. The Hall–Kier alpha value is -2.60. The number of nitrogens with zero attached hydrogens (tertiary/aromatic N) is 1. The fourth-order valence-corrected chi connectivity index (χ4v) is 2.95. The number of nitriles is 1. The molecule has 0 aliphatic rings. The molecule has 0 saturated heterocycles. The molecule has 1 amide bonds. The largest absolute Gasteiger partial charge is 0.490 e. The highest BCUT2D eigenvalue weighted by molar-refractivity contribution is 14.1. The Morgan fingerprint density at radius 2 is 2.08 bits per heavy atom. The van der Waals surface area contributed by atoms with Crippen LogP contribution >= 0.6 is 22.6 Å². The first-order valence-electron chi connectivity index (χ1n) is 7.70. The van der Waals surface area contributed by atoms with E-state index >= 15 is 0 Å². The van der Waals surface area contributed by atoms with Crippen LogP contribution in [0.4, 0.5) is 4.39 Å². The maximum atomic E-state index is 13.8. The highest BCUT2D eigenvalue weighted by Gasteiger charge is 2.14. The van der Waals surface area contributed by atoms with Crippen molar-refractivity contribution in [3.8, 4) is 17.6 Å². The monoisotopic (exact) mass is 466 g/mol. The molecule has 0 aliphatic heterocycles. The van der Waals surface area contributed by atoms with Gasteiger partial charge in [-0.1, -0.05) is 18.2 Å². The van der Waals surface area contributed by atoms with Crippen LogP contribution in [0.25, 0.3) is 6.08 Å². The summed E-state index contributed by atoms with van der Waals surface area (Å²) in [4.78, 5) is 11.2. The zero-order chi connectivity index (χ0) is 19.1. The molecule has 2 aromatic rings. The van der Waals surface area contributed by atoms with Gasteiger partial charge >= 0.3 is 0 Å². The van der Waals surface area contributed by atoms with Crippen LogP contribution < -0.4 is 15.2 Å². The summed E-state index contributed by atoms with van der Waals surface area (Å²) >= 11 is 2.05. The zero-order valence-corrected chi connectivity index (χ0v) is 16.1. The van der Waals surface area contributed by atoms with Gasteiger partial charge < -0.3 is 15.2 Å². The van der Waals surface area contributed by atoms with Crippen molar-refractivity contribution in [2.24, 2.45) is 5.73 Å². The molecular formula is C19H16FIN2O3. The fourth-order valence-electron chi connectivity index (χ4n) is 2.16. The second kappa shape index (κ2) is 9.20. The van der Waals surface area contributed by atoms with Crippen LogP contribution in [0.2, 0.25) is 0 Å². The van der Waals surface area contributed by atoms with Crippen LogP contribution in [0.1, 0.15) is 18.1 Å². The molecule has 26 heavy (non-hydrogen) atoms. The van der Waals surface area contributed by atoms with E-state index < -0.39 is 5.91 Å². The summed E-state index contributed by atoms with van der Waals surface area (Å²) in [6, 6.07) is 11.5. The minimum Gasteiger partial charge on any atom is -0.490 e. The predicted octanol–water partition coefficient (Wildman–Crippen LogP) is 3.80. The maximum Gasteiger partial charge on any atom is 0.259 e. The number of rotatable bonds is 7. The van der Waals surface area contributed by atoms with E-state index in [1.54, 1.807) is 36.4 Å². The summed E-state index contributed by atoms with van der Waals surface area (Å²) in [5, 5.41) is 8.98. The number of primary amides is 1. The van der Waals surface area contributed by atoms with Crippen LogP contribution in [-0.2, 0) is 11.4 Å². The molecule has 7 heteroatoms. The van der Waals surface area contributed by atoms with Crippen molar-refractivity contribution in [3.63, 3.8) is 0 Å². The van der Waals surface area contributed by atoms with Gasteiger partial charge in [0.15, 0.2) is 11.5 Å². The van der Waals surface area contributed by atoms with Gasteiger partial charge in [0.05, 0.1) is 10.2 Å². The van der Waals surface area contributed by atoms with E-state index in [4.69, 9.17) is 20.5 Å². The average molecular weight is 466 g/mol. The van der Waals surface area contributed by atoms with Gasteiger partial charge in [-0.3, -0.25) is 4.79 Å². The number of hydrogen-bond donors (Lipinski definition) is 1. The van der Waals surface area contributed by atoms with E-state index in [-0.39, 0.29) is 18.0 Å². The van der Waals surface area contributed by atoms with Crippen LogP contribution in [0.15, 0.2) is 42.0 Å². The topological polar surface area (TPSA) is 85.3 Å². The second-order valence-electron chi connectivity index (χ2n) is 5.18. The van der Waals surface area contributed by atoms with Crippen molar-refractivity contribution in [1.82, 2.24) is 0 Å². The Morgan fingerprint density at radius 1 is 1.35 bits per heavy atom. The highest BCUT2D eigenvalue weighted by Crippen LogP contribution is 2.35. The standard InChI is InChI=1S/C19H16FIN2O3/c1-2-25-17-9-12(7-14(10-22)19(23)24)8-16(21)18(17)26-11-13-5-3-4-6-15(13)20/h3-9H,2,11H2,1H3,(H2,23,24)/b14-7+. The lowest BCUT2D eigenvalue weighted by molar-refractivity contribution is -0.114. The summed E-state index contributed by atoms with van der Waals surface area (Å²) < 4.78 is 25.8. The summed E-state index contributed by atoms with van der Waals surface area (Å²) in [5.74, 6) is -0.255. The molecule has 0 heterocycles. The third-order valence-corrected chi connectivity index (χ3v) is 4.16. The number of nitrogens with two attached hydrogens (primary N) is 1. The van der Waals surface area contributed by atoms with Crippen molar-refractivity contribution in [3.05, 3.63) is 62.5 Å². The van der Waals surface area contributed by atoms with E-state index in [9.17, 15) is 9.18 Å². The number of amides is 1. The molecule has 0 fully saturated rings. The molecule has 134 valence electrons. The van der Waals surface area contributed by atoms with Gasteiger partial charge in [0.25, 0.3) is 5.91 Å². The number of carbonyl (C=O) groups is 1. The number of benzene rings is 2. The van der Waals surface area contributed by atoms with Crippen LogP contribution in [0, 0.1) is 20.7 Å². The molecule has 0 bridgehead atoms. The zero-order valence-electron chi connectivity index (χ0n) is 14.0. The quantitative estimate of drug-likeness (QED) is 0.382. The molecule has 0 spiro atoms. The third kappa shape index (κ3) is 4.95. The molecule has 0 aliphatic carbocycles. The SMILES string of the molecule is CCOc1cc(/C=C(\C#N)C(N)=O)cc(I)c1OCc1ccccc1F. The Balaban J connectivity index is 2.36. The normalized spacial score (nSPS) is 10.9. The van der Waals surface area contributed by atoms with Crippen molar-refractivity contribution >= 4 is 34.6 Å². The lowest BCUT2D eigenvalue weighted by atomic mass is 10.1. The number of carbonyl (C=O) groups excluding carboxylic acids is 1. The molecule has 0 unspecified atom stereocenters. The average Bonchev–Trinajstić information content (AvgIpc) is 2.60. The maximum absolute atomic E-state index is 13.8. The minimum atomic E-state index is -0.805. The molecule has 2 N–H and O–H groups in total. The van der Waals surface area contributed by atoms with E-state index in [1.807, 2.05) is 6.92 Å². The summed E-state index contributed by atoms with van der Waals surface area (Å²) in [5.41, 5.74) is 6.00. The fraction of sp³-hybridized carbons (Fsp3) is 0.158. The van der Waals surface area contributed by atoms with Gasteiger partial charge in [0.2, 0.25) is 0 Å². The Kier molecular flexibility index (Phi) is 6.97. The van der Waals surface area contributed by atoms with E-state index in [0.29, 0.717) is 32.8 Å². The highest BCUT2D eigenvalue weighted by atomic mass is 127. The molecule has 2 rings (SSSR count). The van der Waals surface area contributed by atoms with Crippen LogP contribution in [0.3, 0.4) is 0 Å². The van der Waals surface area contributed by atoms with Gasteiger partial charge in [-0.05, 0) is 59.4 Å². The van der Waals surface area contributed by atoms with Gasteiger partial charge in [0.1, 0.15) is 24.1 Å². The first-order valence-corrected chi connectivity index (χ1v) is 8.78. The van der Waals surface area contributed by atoms with Gasteiger partial charge in [-0.2, -0.15) is 5.26 Å². The van der Waals surface area contributed by atoms with Crippen molar-refractivity contribution < 1.29 is 18.7 Å². The first kappa shape index (κ1) is 19.7. The van der Waals surface area contributed by atoms with E-state index in [1.165, 1.54) is 12.1 Å². The van der Waals surface area contributed by atoms with Gasteiger partial charge in [-0.25, -0.2) is 4.39 Å². The lowest BCUT2D eigenvalue weighted by Crippen LogP contribution is -2.12. The van der Waals surface area contributed by atoms with E-state index in [2.05, 4.69) is 22.6 Å². The Bertz CT molecular complexity index is 891. The Morgan fingerprint density at radius 3 is 2.69 bits per heavy atom. The summed E-state index contributed by atoms with van der Waals surface area (Å²) in [6.07, 6.45) is 1.38. The van der Waals surface area contributed by atoms with E-state index in [0.717, 1.165) is 0 Å². The third-order valence-electron chi connectivity index (χ3n) is 3.36. The number of ether oxygens (including phenoxy) is 2. The molecular weight excluding hydrogens is 450 g/mol. The smallest absolute Gasteiger partial charge is 0.259 e. The molecule has 5 nitrogen and oxygen atoms in total. The van der Waals surface area contributed by atoms with Crippen molar-refractivity contribution in [1.29, 1.82) is 5.26 Å². The van der Waals surface area contributed by atoms with Gasteiger partial charge in [0, 0.05) is 5.56 Å². The summed E-state index contributed by atoms with van der Waals surface area (Å²) in [6.45, 7) is 2.25. The molecule has 0 atom stereocenters. The summed E-state index contributed by atoms with van der Waals surface area (Å²) in [7, 11) is 0. The number of hydrogen-bond acceptors (Lipinski definition) is 4. The molecule has 0 aromatic heterocycles. The van der Waals surface area contributed by atoms with Gasteiger partial charge in [-0.15, -0.1) is 0 Å². The van der Waals surface area contributed by atoms with Crippen LogP contribution in [-0.4, -0.2) is 12.5 Å². The van der Waals surface area contributed by atoms with Crippen molar-refractivity contribution in [2.45, 2.75) is 13.5 Å². The predicted molar refractivity (Wildman–Crippen MR) is 104 cm³/mol. The first-order chi connectivity index (χ1) is 12.5. The lowest BCUT2D eigenvalue weighted by Gasteiger charge is -2.15. The molecule has 0 saturated carbocycles. The second-order valence-corrected chi connectivity index (χ2v) is 6.34. The molecule has 2 aromatic carbocycles. The van der Waals surface area contributed by atoms with Crippen LogP contribution in [0.5, 0.6) is 11.5 Å². The molecule has 0 radical (unpaired) electrons. The van der Waals surface area contributed by atoms with Crippen molar-refractivity contribution in [2.75, 3.05) is 6.61 Å². The minimum absolute atomic E-state index is 0.0443.